The number of nitrogens with one attached hydrogen (secondary N) is 2. The highest BCUT2D eigenvalue weighted by molar-refractivity contribution is 5.78. The Morgan fingerprint density at radius 1 is 1.26 bits per heavy atom. The highest BCUT2D eigenvalue weighted by atomic mass is 16.3. The lowest BCUT2D eigenvalue weighted by atomic mass is 10.1. The second-order valence-electron chi connectivity index (χ2n) is 4.21. The van der Waals surface area contributed by atoms with E-state index in [9.17, 15) is 9.90 Å². The molecule has 0 aliphatic heterocycles. The quantitative estimate of drug-likeness (QED) is 0.516. The normalized spacial score (nSPS) is 11.0. The van der Waals surface area contributed by atoms with Gasteiger partial charge in [-0.1, -0.05) is 12.1 Å². The molecule has 3 aromatic rings. The predicted molar refractivity (Wildman–Crippen MR) is 70.8 cm³/mol. The summed E-state index contributed by atoms with van der Waals surface area (Å²) in [6.45, 7) is 1.78. The van der Waals surface area contributed by atoms with E-state index in [-0.39, 0.29) is 22.9 Å². The van der Waals surface area contributed by atoms with E-state index in [1.807, 2.05) is 0 Å². The van der Waals surface area contributed by atoms with Crippen molar-refractivity contribution in [2.75, 3.05) is 5.73 Å². The zero-order valence-electron chi connectivity index (χ0n) is 10.1. The van der Waals surface area contributed by atoms with Crippen LogP contribution in [0.3, 0.4) is 0 Å². The van der Waals surface area contributed by atoms with Crippen molar-refractivity contribution in [3.8, 4) is 17.1 Å². The molecule has 0 saturated carbocycles. The molecule has 1 aromatic carbocycles. The monoisotopic (exact) mass is 257 g/mol. The molecule has 7 heteroatoms. The minimum Gasteiger partial charge on any atom is -0.507 e. The van der Waals surface area contributed by atoms with Crippen LogP contribution in [0.1, 0.15) is 5.56 Å². The molecule has 0 atom stereocenters. The van der Waals surface area contributed by atoms with Gasteiger partial charge in [0, 0.05) is 0 Å². The Bertz CT molecular complexity index is 834. The number of nitrogen functional groups attached to an aromatic ring is 1. The first-order chi connectivity index (χ1) is 9.06. The molecule has 0 aliphatic carbocycles. The second-order valence-corrected chi connectivity index (χ2v) is 4.21. The minimum atomic E-state index is -0.395. The van der Waals surface area contributed by atoms with Gasteiger partial charge in [-0.05, 0) is 18.6 Å². The highest BCUT2D eigenvalue weighted by Gasteiger charge is 2.13. The second kappa shape index (κ2) is 3.84. The number of nitrogens with two attached hydrogens (primary N) is 1. The maximum absolute atomic E-state index is 11.7. The van der Waals surface area contributed by atoms with E-state index in [2.05, 4.69) is 19.9 Å². The summed E-state index contributed by atoms with van der Waals surface area (Å²) in [6, 6.07) is 5.28. The number of aromatic hydroxyl groups is 1. The average molecular weight is 257 g/mol. The van der Waals surface area contributed by atoms with E-state index in [0.717, 1.165) is 5.56 Å². The van der Waals surface area contributed by atoms with Crippen LogP contribution in [-0.2, 0) is 0 Å². The molecule has 0 saturated heterocycles. The largest absolute Gasteiger partial charge is 0.507 e. The lowest BCUT2D eigenvalue weighted by Crippen LogP contribution is -2.10. The Morgan fingerprint density at radius 2 is 2.05 bits per heavy atom. The number of anilines is 1. The number of imidazole rings is 1. The fourth-order valence-corrected chi connectivity index (χ4v) is 1.90. The van der Waals surface area contributed by atoms with Crippen molar-refractivity contribution in [1.82, 2.24) is 19.9 Å². The van der Waals surface area contributed by atoms with Crippen molar-refractivity contribution in [2.24, 2.45) is 0 Å². The van der Waals surface area contributed by atoms with E-state index in [1.165, 1.54) is 0 Å². The van der Waals surface area contributed by atoms with Crippen molar-refractivity contribution < 1.29 is 5.11 Å². The summed E-state index contributed by atoms with van der Waals surface area (Å²) >= 11 is 0. The number of hydrogen-bond acceptors (Lipinski definition) is 5. The number of aromatic amines is 2. The van der Waals surface area contributed by atoms with Gasteiger partial charge in [-0.25, -0.2) is 4.98 Å². The third-order valence-electron chi connectivity index (χ3n) is 2.87. The summed E-state index contributed by atoms with van der Waals surface area (Å²) in [5.74, 6) is 0.495. The van der Waals surface area contributed by atoms with Gasteiger partial charge in [-0.2, -0.15) is 4.98 Å². The number of phenols is 1. The first-order valence-corrected chi connectivity index (χ1v) is 5.60. The molecule has 0 spiro atoms. The van der Waals surface area contributed by atoms with Gasteiger partial charge in [0.05, 0.1) is 5.56 Å². The number of aromatic nitrogens is 4. The molecule has 2 aromatic heterocycles. The topological polar surface area (TPSA) is 121 Å². The maximum Gasteiger partial charge on any atom is 0.278 e. The molecule has 0 aliphatic rings. The third kappa shape index (κ3) is 1.71. The van der Waals surface area contributed by atoms with Crippen LogP contribution < -0.4 is 11.3 Å². The molecule has 5 N–H and O–H groups in total. The third-order valence-corrected chi connectivity index (χ3v) is 2.87. The number of benzene rings is 1. The number of hydrogen-bond donors (Lipinski definition) is 4. The van der Waals surface area contributed by atoms with Gasteiger partial charge in [0.25, 0.3) is 5.56 Å². The van der Waals surface area contributed by atoms with Crippen molar-refractivity contribution in [3.63, 3.8) is 0 Å². The smallest absolute Gasteiger partial charge is 0.278 e. The molecule has 0 radical (unpaired) electrons. The van der Waals surface area contributed by atoms with Crippen LogP contribution >= 0.6 is 0 Å². The molecular weight excluding hydrogens is 246 g/mol. The van der Waals surface area contributed by atoms with Gasteiger partial charge in [0.2, 0.25) is 5.95 Å². The summed E-state index contributed by atoms with van der Waals surface area (Å²) in [5, 5.41) is 10.0. The van der Waals surface area contributed by atoms with E-state index in [0.29, 0.717) is 11.4 Å². The zero-order chi connectivity index (χ0) is 13.6. The van der Waals surface area contributed by atoms with Crippen LogP contribution in [0.15, 0.2) is 23.0 Å². The summed E-state index contributed by atoms with van der Waals surface area (Å²) in [5.41, 5.74) is 6.74. The summed E-state index contributed by atoms with van der Waals surface area (Å²) in [6.07, 6.45) is 0. The lowest BCUT2D eigenvalue weighted by molar-refractivity contribution is 0.473. The molecular formula is C12H11N5O2. The number of phenolic OH excluding ortho intramolecular Hbond substituents is 1. The minimum absolute atomic E-state index is 0.00372. The van der Waals surface area contributed by atoms with E-state index < -0.39 is 5.56 Å². The fourth-order valence-electron chi connectivity index (χ4n) is 1.90. The van der Waals surface area contributed by atoms with Crippen LogP contribution in [0.2, 0.25) is 0 Å². The molecule has 2 heterocycles. The molecule has 0 bridgehead atoms. The van der Waals surface area contributed by atoms with Crippen molar-refractivity contribution in [3.05, 3.63) is 34.1 Å². The highest BCUT2D eigenvalue weighted by Crippen LogP contribution is 2.30. The Kier molecular flexibility index (Phi) is 2.28. The van der Waals surface area contributed by atoms with Crippen LogP contribution in [0, 0.1) is 6.92 Å². The van der Waals surface area contributed by atoms with Gasteiger partial charge in [-0.3, -0.25) is 9.78 Å². The van der Waals surface area contributed by atoms with Crippen molar-refractivity contribution in [2.45, 2.75) is 6.92 Å². The summed E-state index contributed by atoms with van der Waals surface area (Å²) in [7, 11) is 0. The number of fused-ring (bicyclic) bond motifs is 1. The Labute approximate surface area is 107 Å². The van der Waals surface area contributed by atoms with Crippen molar-refractivity contribution >= 4 is 17.1 Å². The number of aryl methyl sites for hydroxylation is 1. The van der Waals surface area contributed by atoms with Gasteiger partial charge in [-0.15, -0.1) is 0 Å². The van der Waals surface area contributed by atoms with Gasteiger partial charge in [0.1, 0.15) is 11.6 Å². The van der Waals surface area contributed by atoms with Crippen LogP contribution in [0.4, 0.5) is 5.95 Å². The lowest BCUT2D eigenvalue weighted by Gasteiger charge is -2.03. The number of para-hydroxylation sites is 1. The van der Waals surface area contributed by atoms with E-state index in [1.54, 1.807) is 25.1 Å². The number of nitrogens with zero attached hydrogens (tertiary/aromatic N) is 2. The molecule has 19 heavy (non-hydrogen) atoms. The van der Waals surface area contributed by atoms with Gasteiger partial charge in [0.15, 0.2) is 11.2 Å². The zero-order valence-corrected chi connectivity index (χ0v) is 10.1. The Morgan fingerprint density at radius 3 is 2.84 bits per heavy atom. The summed E-state index contributed by atoms with van der Waals surface area (Å²) < 4.78 is 0. The van der Waals surface area contributed by atoms with Crippen LogP contribution in [0.5, 0.6) is 5.75 Å². The van der Waals surface area contributed by atoms with E-state index >= 15 is 0 Å². The first-order valence-electron chi connectivity index (χ1n) is 5.60. The number of H-pyrrole nitrogens is 2. The number of rotatable bonds is 1. The fraction of sp³-hybridized carbons (Fsp3) is 0.0833. The Hall–Kier alpha value is -2.83. The molecule has 3 rings (SSSR count). The van der Waals surface area contributed by atoms with Crippen LogP contribution in [-0.4, -0.2) is 25.0 Å². The SMILES string of the molecule is Cc1cccc(-c2nc3nc(N)[nH]c(=O)c3[nH]2)c1O. The average Bonchev–Trinajstić information content (AvgIpc) is 2.76. The molecule has 7 nitrogen and oxygen atoms in total. The van der Waals surface area contributed by atoms with E-state index in [4.69, 9.17) is 5.73 Å². The van der Waals surface area contributed by atoms with Gasteiger partial charge < -0.3 is 15.8 Å². The first kappa shape index (κ1) is 11.3. The molecule has 0 fully saturated rings. The maximum atomic E-state index is 11.7. The predicted octanol–water partition coefficient (Wildman–Crippen LogP) is 0.909. The standard InChI is InChI=1S/C12H11N5O2/c1-5-3-2-4-6(8(5)18)9-14-7-10(15-9)16-12(13)17-11(7)19/h2-4,18H,1H3,(H4,13,14,15,16,17,19). The summed E-state index contributed by atoms with van der Waals surface area (Å²) in [4.78, 5) is 25.0. The van der Waals surface area contributed by atoms with Crippen LogP contribution in [0.25, 0.3) is 22.6 Å². The molecule has 0 amide bonds. The Balaban J connectivity index is 2.30. The van der Waals surface area contributed by atoms with Gasteiger partial charge >= 0.3 is 0 Å². The molecule has 96 valence electrons. The molecule has 0 unspecified atom stereocenters. The van der Waals surface area contributed by atoms with Crippen molar-refractivity contribution in [1.29, 1.82) is 0 Å².